The molecule has 2 aliphatic heterocycles. The van der Waals surface area contributed by atoms with Gasteiger partial charge in [0.1, 0.15) is 5.75 Å². The van der Waals surface area contributed by atoms with Crippen molar-refractivity contribution < 1.29 is 9.53 Å². The van der Waals surface area contributed by atoms with Crippen molar-refractivity contribution in [2.75, 3.05) is 44.2 Å². The molecule has 1 N–H and O–H groups in total. The van der Waals surface area contributed by atoms with Crippen molar-refractivity contribution in [2.24, 2.45) is 5.92 Å². The van der Waals surface area contributed by atoms with Crippen LogP contribution in [0.5, 0.6) is 5.75 Å². The van der Waals surface area contributed by atoms with Gasteiger partial charge in [-0.2, -0.15) is 0 Å². The van der Waals surface area contributed by atoms with E-state index in [9.17, 15) is 4.79 Å². The Morgan fingerprint density at radius 2 is 2.00 bits per heavy atom. The predicted octanol–water partition coefficient (Wildman–Crippen LogP) is 3.09. The fourth-order valence-corrected chi connectivity index (χ4v) is 4.37. The van der Waals surface area contributed by atoms with Crippen molar-refractivity contribution in [1.29, 1.82) is 0 Å². The largest absolute Gasteiger partial charge is 0.494 e. The highest BCUT2D eigenvalue weighted by molar-refractivity contribution is 5.78. The van der Waals surface area contributed by atoms with E-state index in [0.29, 0.717) is 19.1 Å². The summed E-state index contributed by atoms with van der Waals surface area (Å²) in [4.78, 5) is 17.2. The highest BCUT2D eigenvalue weighted by Gasteiger charge is 2.24. The minimum atomic E-state index is 0.132. The van der Waals surface area contributed by atoms with Gasteiger partial charge in [0.15, 0.2) is 0 Å². The molecule has 0 radical (unpaired) electrons. The van der Waals surface area contributed by atoms with E-state index >= 15 is 0 Å². The average molecular weight is 394 g/mol. The van der Waals surface area contributed by atoms with Gasteiger partial charge in [0.25, 0.3) is 0 Å². The average Bonchev–Trinajstić information content (AvgIpc) is 3.22. The fourth-order valence-electron chi connectivity index (χ4n) is 4.37. The zero-order valence-electron chi connectivity index (χ0n) is 17.3. The molecular weight excluding hydrogens is 362 g/mol. The fraction of sp³-hybridized carbons (Fsp3) is 0.458. The normalized spacial score (nSPS) is 19.1. The zero-order chi connectivity index (χ0) is 20.1. The van der Waals surface area contributed by atoms with E-state index in [4.69, 9.17) is 4.74 Å². The van der Waals surface area contributed by atoms with Gasteiger partial charge < -0.3 is 15.0 Å². The standard InChI is InChI=1S/C24H31N3O2/c1-2-29-23-9-8-20-11-12-26(17-21(20)14-23)18-24(28)25-15-19-10-13-27(16-19)22-6-4-3-5-7-22/h3-9,14,19H,2,10-13,15-18H2,1H3,(H,25,28)/t19-/m1/s1. The third-order valence-electron chi connectivity index (χ3n) is 5.94. The van der Waals surface area contributed by atoms with E-state index in [-0.39, 0.29) is 5.91 Å². The van der Waals surface area contributed by atoms with Crippen molar-refractivity contribution in [2.45, 2.75) is 26.3 Å². The first-order chi connectivity index (χ1) is 14.2. The number of carbonyl (C=O) groups is 1. The van der Waals surface area contributed by atoms with Crippen molar-refractivity contribution in [3.8, 4) is 5.75 Å². The second kappa shape index (κ2) is 9.31. The minimum Gasteiger partial charge on any atom is -0.494 e. The summed E-state index contributed by atoms with van der Waals surface area (Å²) >= 11 is 0. The third kappa shape index (κ3) is 5.10. The molecule has 0 aromatic heterocycles. The monoisotopic (exact) mass is 393 g/mol. The van der Waals surface area contributed by atoms with Crippen LogP contribution in [0.4, 0.5) is 5.69 Å². The molecule has 2 heterocycles. The molecule has 1 saturated heterocycles. The van der Waals surface area contributed by atoms with Crippen LogP contribution >= 0.6 is 0 Å². The molecule has 0 spiro atoms. The molecular formula is C24H31N3O2. The van der Waals surface area contributed by atoms with E-state index in [1.165, 1.54) is 16.8 Å². The summed E-state index contributed by atoms with van der Waals surface area (Å²) in [5, 5.41) is 3.17. The van der Waals surface area contributed by atoms with Crippen molar-refractivity contribution in [3.05, 3.63) is 59.7 Å². The molecule has 0 unspecified atom stereocenters. The highest BCUT2D eigenvalue weighted by Crippen LogP contribution is 2.24. The maximum Gasteiger partial charge on any atom is 0.234 e. The Balaban J connectivity index is 1.23. The summed E-state index contributed by atoms with van der Waals surface area (Å²) in [7, 11) is 0. The Morgan fingerprint density at radius 3 is 2.83 bits per heavy atom. The number of carbonyl (C=O) groups excluding carboxylic acids is 1. The minimum absolute atomic E-state index is 0.132. The smallest absolute Gasteiger partial charge is 0.234 e. The molecule has 1 atom stereocenters. The summed E-state index contributed by atoms with van der Waals surface area (Å²) in [6.07, 6.45) is 2.12. The van der Waals surface area contributed by atoms with Crippen LogP contribution in [0.2, 0.25) is 0 Å². The van der Waals surface area contributed by atoms with E-state index in [1.807, 2.05) is 19.1 Å². The van der Waals surface area contributed by atoms with Crippen LogP contribution in [0, 0.1) is 5.92 Å². The quantitative estimate of drug-likeness (QED) is 0.785. The molecule has 154 valence electrons. The molecule has 5 heteroatoms. The molecule has 0 bridgehead atoms. The summed E-state index contributed by atoms with van der Waals surface area (Å²) in [6, 6.07) is 16.9. The molecule has 1 amide bonds. The number of amides is 1. The second-order valence-corrected chi connectivity index (χ2v) is 8.06. The second-order valence-electron chi connectivity index (χ2n) is 8.06. The molecule has 2 aromatic rings. The zero-order valence-corrected chi connectivity index (χ0v) is 17.3. The van der Waals surface area contributed by atoms with Gasteiger partial charge in [-0.05, 0) is 61.1 Å². The lowest BCUT2D eigenvalue weighted by Crippen LogP contribution is -2.41. The summed E-state index contributed by atoms with van der Waals surface area (Å²) in [5.41, 5.74) is 3.93. The number of anilines is 1. The van der Waals surface area contributed by atoms with E-state index in [0.717, 1.165) is 51.3 Å². The number of rotatable bonds is 7. The molecule has 0 aliphatic carbocycles. The van der Waals surface area contributed by atoms with Crippen LogP contribution in [0.1, 0.15) is 24.5 Å². The number of fused-ring (bicyclic) bond motifs is 1. The van der Waals surface area contributed by atoms with Crippen LogP contribution < -0.4 is 15.0 Å². The molecule has 0 saturated carbocycles. The molecule has 1 fully saturated rings. The lowest BCUT2D eigenvalue weighted by Gasteiger charge is -2.28. The SMILES string of the molecule is CCOc1ccc2c(c1)CN(CC(=O)NC[C@H]1CCN(c3ccccc3)C1)CC2. The summed E-state index contributed by atoms with van der Waals surface area (Å²) < 4.78 is 5.62. The van der Waals surface area contributed by atoms with Crippen LogP contribution in [0.3, 0.4) is 0 Å². The van der Waals surface area contributed by atoms with Crippen LogP contribution in [-0.2, 0) is 17.8 Å². The first kappa shape index (κ1) is 19.8. The van der Waals surface area contributed by atoms with Gasteiger partial charge in [0.05, 0.1) is 13.2 Å². The van der Waals surface area contributed by atoms with Gasteiger partial charge >= 0.3 is 0 Å². The molecule has 2 aromatic carbocycles. The van der Waals surface area contributed by atoms with Gasteiger partial charge in [0, 0.05) is 38.4 Å². The van der Waals surface area contributed by atoms with E-state index in [1.54, 1.807) is 0 Å². The maximum atomic E-state index is 12.5. The van der Waals surface area contributed by atoms with Gasteiger partial charge in [0.2, 0.25) is 5.91 Å². The topological polar surface area (TPSA) is 44.8 Å². The number of benzene rings is 2. The molecule has 29 heavy (non-hydrogen) atoms. The van der Waals surface area contributed by atoms with Crippen molar-refractivity contribution in [1.82, 2.24) is 10.2 Å². The van der Waals surface area contributed by atoms with Crippen LogP contribution in [0.15, 0.2) is 48.5 Å². The van der Waals surface area contributed by atoms with E-state index < -0.39 is 0 Å². The van der Waals surface area contributed by atoms with Crippen LogP contribution in [-0.4, -0.2) is 50.1 Å². The highest BCUT2D eigenvalue weighted by atomic mass is 16.5. The first-order valence-corrected chi connectivity index (χ1v) is 10.7. The predicted molar refractivity (Wildman–Crippen MR) is 116 cm³/mol. The number of para-hydroxylation sites is 1. The number of nitrogens with zero attached hydrogens (tertiary/aromatic N) is 2. The Morgan fingerprint density at radius 1 is 1.14 bits per heavy atom. The van der Waals surface area contributed by atoms with E-state index in [2.05, 4.69) is 51.5 Å². The Bertz CT molecular complexity index is 824. The maximum absolute atomic E-state index is 12.5. The van der Waals surface area contributed by atoms with Crippen LogP contribution in [0.25, 0.3) is 0 Å². The van der Waals surface area contributed by atoms with Gasteiger partial charge in [-0.3, -0.25) is 9.69 Å². The lowest BCUT2D eigenvalue weighted by atomic mass is 9.99. The number of nitrogens with one attached hydrogen (secondary N) is 1. The Labute approximate surface area is 173 Å². The number of ether oxygens (including phenoxy) is 1. The third-order valence-corrected chi connectivity index (χ3v) is 5.94. The first-order valence-electron chi connectivity index (χ1n) is 10.7. The molecule has 5 nitrogen and oxygen atoms in total. The number of hydrogen-bond acceptors (Lipinski definition) is 4. The van der Waals surface area contributed by atoms with Crippen molar-refractivity contribution >= 4 is 11.6 Å². The summed E-state index contributed by atoms with van der Waals surface area (Å²) in [6.45, 7) is 7.73. The lowest BCUT2D eigenvalue weighted by molar-refractivity contribution is -0.122. The molecule has 4 rings (SSSR count). The molecule has 2 aliphatic rings. The Hall–Kier alpha value is -2.53. The van der Waals surface area contributed by atoms with Crippen molar-refractivity contribution in [3.63, 3.8) is 0 Å². The summed E-state index contributed by atoms with van der Waals surface area (Å²) in [5.74, 6) is 1.57. The number of hydrogen-bond donors (Lipinski definition) is 1. The Kier molecular flexibility index (Phi) is 6.35. The van der Waals surface area contributed by atoms with Gasteiger partial charge in [-0.1, -0.05) is 24.3 Å². The van der Waals surface area contributed by atoms with Gasteiger partial charge in [-0.25, -0.2) is 0 Å². The van der Waals surface area contributed by atoms with Gasteiger partial charge in [-0.15, -0.1) is 0 Å².